The van der Waals surface area contributed by atoms with Crippen molar-refractivity contribution in [3.63, 3.8) is 0 Å². The molecule has 1 rings (SSSR count). The normalized spacial score (nSPS) is 10.1. The number of carbonyl (C=O) groups is 3. The lowest BCUT2D eigenvalue weighted by Gasteiger charge is -2.10. The van der Waals surface area contributed by atoms with Crippen LogP contribution in [-0.2, 0) is 14.3 Å². The molecule has 7 nitrogen and oxygen atoms in total. The van der Waals surface area contributed by atoms with Crippen molar-refractivity contribution >= 4 is 45.4 Å². The van der Waals surface area contributed by atoms with Crippen molar-refractivity contribution in [1.82, 2.24) is 10.6 Å². The average Bonchev–Trinajstić information content (AvgIpc) is 2.43. The van der Waals surface area contributed by atoms with Crippen LogP contribution in [0.5, 0.6) is 5.75 Å². The van der Waals surface area contributed by atoms with Crippen LogP contribution in [0.3, 0.4) is 0 Å². The van der Waals surface area contributed by atoms with Gasteiger partial charge in [0.2, 0.25) is 0 Å². The van der Waals surface area contributed by atoms with Crippen molar-refractivity contribution in [2.45, 2.75) is 19.9 Å². The maximum absolute atomic E-state index is 11.5. The molecule has 1 aromatic carbocycles. The molecule has 0 atom stereocenters. The number of imide groups is 1. The van der Waals surface area contributed by atoms with Crippen LogP contribution in [0.4, 0.5) is 4.79 Å². The zero-order chi connectivity index (χ0) is 17.4. The second-order valence-corrected chi connectivity index (χ2v) is 6.02. The van der Waals surface area contributed by atoms with E-state index in [-0.39, 0.29) is 6.04 Å². The molecule has 2 N–H and O–H groups in total. The van der Waals surface area contributed by atoms with Gasteiger partial charge >= 0.3 is 12.0 Å². The van der Waals surface area contributed by atoms with E-state index in [1.165, 1.54) is 0 Å². The Labute approximate surface area is 146 Å². The monoisotopic (exact) mass is 406 g/mol. The molecule has 23 heavy (non-hydrogen) atoms. The topological polar surface area (TPSA) is 93.7 Å². The number of urea groups is 1. The van der Waals surface area contributed by atoms with Gasteiger partial charge in [0.15, 0.2) is 13.2 Å². The van der Waals surface area contributed by atoms with E-state index in [0.29, 0.717) is 10.8 Å². The van der Waals surface area contributed by atoms with Gasteiger partial charge in [-0.05, 0) is 32.0 Å². The molecule has 0 saturated heterocycles. The number of esters is 1. The summed E-state index contributed by atoms with van der Waals surface area (Å²) in [6, 6.07) is 4.13. The lowest BCUT2D eigenvalue weighted by molar-refractivity contribution is -0.150. The van der Waals surface area contributed by atoms with Gasteiger partial charge in [-0.3, -0.25) is 10.1 Å². The molecule has 0 aliphatic rings. The Kier molecular flexibility index (Phi) is 7.84. The highest BCUT2D eigenvalue weighted by molar-refractivity contribution is 9.10. The Morgan fingerprint density at radius 3 is 2.57 bits per heavy atom. The quantitative estimate of drug-likeness (QED) is 0.706. The molecule has 0 aliphatic carbocycles. The number of amides is 3. The molecule has 3 amide bonds. The number of hydrogen-bond donors (Lipinski definition) is 2. The predicted molar refractivity (Wildman–Crippen MR) is 87.4 cm³/mol. The second kappa shape index (κ2) is 9.36. The van der Waals surface area contributed by atoms with Gasteiger partial charge in [0, 0.05) is 10.5 Å². The van der Waals surface area contributed by atoms with Gasteiger partial charge in [0.05, 0.1) is 5.02 Å². The summed E-state index contributed by atoms with van der Waals surface area (Å²) in [4.78, 5) is 34.1. The number of carbonyl (C=O) groups excluding carboxylic acids is 3. The third-order valence-electron chi connectivity index (χ3n) is 2.28. The average molecular weight is 408 g/mol. The molecule has 0 spiro atoms. The highest BCUT2D eigenvalue weighted by atomic mass is 79.9. The number of nitrogens with one attached hydrogen (secondary N) is 2. The molecular formula is C14H16BrClN2O5. The molecule has 0 saturated carbocycles. The third kappa shape index (κ3) is 7.85. The highest BCUT2D eigenvalue weighted by Crippen LogP contribution is 2.27. The van der Waals surface area contributed by atoms with Crippen molar-refractivity contribution in [3.05, 3.63) is 27.7 Å². The molecule has 9 heteroatoms. The SMILES string of the molecule is CC(C)NC(=O)NC(=O)COC(=O)COc1ccc(Br)cc1Cl. The molecule has 0 aliphatic heterocycles. The molecule has 0 unspecified atom stereocenters. The minimum Gasteiger partial charge on any atom is -0.480 e. The van der Waals surface area contributed by atoms with Gasteiger partial charge in [-0.1, -0.05) is 27.5 Å². The van der Waals surface area contributed by atoms with E-state index in [4.69, 9.17) is 16.3 Å². The fourth-order valence-electron chi connectivity index (χ4n) is 1.38. The van der Waals surface area contributed by atoms with Crippen LogP contribution in [0.2, 0.25) is 5.02 Å². The van der Waals surface area contributed by atoms with Gasteiger partial charge in [0.25, 0.3) is 5.91 Å². The minimum absolute atomic E-state index is 0.116. The van der Waals surface area contributed by atoms with Crippen LogP contribution in [0, 0.1) is 0 Å². The molecule has 1 aromatic rings. The van der Waals surface area contributed by atoms with Crippen LogP contribution >= 0.6 is 27.5 Å². The van der Waals surface area contributed by atoms with Crippen molar-refractivity contribution in [2.24, 2.45) is 0 Å². The van der Waals surface area contributed by atoms with Crippen molar-refractivity contribution in [3.8, 4) is 5.75 Å². The summed E-state index contributed by atoms with van der Waals surface area (Å²) in [5.74, 6) is -1.19. The van der Waals surface area contributed by atoms with Crippen molar-refractivity contribution in [1.29, 1.82) is 0 Å². The highest BCUT2D eigenvalue weighted by Gasteiger charge is 2.12. The van der Waals surface area contributed by atoms with E-state index in [9.17, 15) is 14.4 Å². The maximum Gasteiger partial charge on any atom is 0.344 e. The molecule has 0 fully saturated rings. The van der Waals surface area contributed by atoms with E-state index in [1.54, 1.807) is 32.0 Å². The van der Waals surface area contributed by atoms with E-state index in [2.05, 4.69) is 26.0 Å². The van der Waals surface area contributed by atoms with E-state index >= 15 is 0 Å². The minimum atomic E-state index is -0.761. The second-order valence-electron chi connectivity index (χ2n) is 4.70. The molecule has 0 heterocycles. The number of ether oxygens (including phenoxy) is 2. The summed E-state index contributed by atoms with van der Waals surface area (Å²) in [6.07, 6.45) is 0. The first kappa shape index (κ1) is 19.2. The number of halogens is 2. The number of rotatable bonds is 6. The Morgan fingerprint density at radius 2 is 1.96 bits per heavy atom. The van der Waals surface area contributed by atoms with Crippen LogP contribution in [0.1, 0.15) is 13.8 Å². The zero-order valence-corrected chi connectivity index (χ0v) is 14.9. The third-order valence-corrected chi connectivity index (χ3v) is 3.07. The molecule has 0 aromatic heterocycles. The molecule has 126 valence electrons. The van der Waals surface area contributed by atoms with Crippen LogP contribution in [0.25, 0.3) is 0 Å². The summed E-state index contributed by atoms with van der Waals surface area (Å²) in [5.41, 5.74) is 0. The first-order valence-corrected chi connectivity index (χ1v) is 7.79. The van der Waals surface area contributed by atoms with Crippen LogP contribution < -0.4 is 15.4 Å². The fraction of sp³-hybridized carbons (Fsp3) is 0.357. The summed E-state index contributed by atoms with van der Waals surface area (Å²) in [7, 11) is 0. The largest absolute Gasteiger partial charge is 0.480 e. The van der Waals surface area contributed by atoms with Crippen molar-refractivity contribution < 1.29 is 23.9 Å². The van der Waals surface area contributed by atoms with Crippen molar-refractivity contribution in [2.75, 3.05) is 13.2 Å². The first-order chi connectivity index (χ1) is 10.8. The molecule has 0 bridgehead atoms. The summed E-state index contributed by atoms with van der Waals surface area (Å²) >= 11 is 9.17. The molecular weight excluding hydrogens is 392 g/mol. The lowest BCUT2D eigenvalue weighted by Crippen LogP contribution is -2.44. The standard InChI is InChI=1S/C14H16BrClN2O5/c1-8(2)17-14(21)18-12(19)6-23-13(20)7-22-11-4-3-9(15)5-10(11)16/h3-5,8H,6-7H2,1-2H3,(H2,17,18,19,21). The van der Waals surface area contributed by atoms with Gasteiger partial charge in [-0.2, -0.15) is 0 Å². The predicted octanol–water partition coefficient (Wildman–Crippen LogP) is 2.26. The van der Waals surface area contributed by atoms with Crippen LogP contribution in [-0.4, -0.2) is 37.2 Å². The maximum atomic E-state index is 11.5. The number of benzene rings is 1. The first-order valence-electron chi connectivity index (χ1n) is 6.61. The lowest BCUT2D eigenvalue weighted by atomic mass is 10.3. The van der Waals surface area contributed by atoms with Gasteiger partial charge < -0.3 is 14.8 Å². The van der Waals surface area contributed by atoms with E-state index in [1.807, 2.05) is 5.32 Å². The smallest absolute Gasteiger partial charge is 0.344 e. The zero-order valence-electron chi connectivity index (χ0n) is 12.5. The van der Waals surface area contributed by atoms with E-state index in [0.717, 1.165) is 4.47 Å². The summed E-state index contributed by atoms with van der Waals surface area (Å²) in [5, 5.41) is 4.82. The Bertz CT molecular complexity index is 595. The van der Waals surface area contributed by atoms with Gasteiger partial charge in [-0.25, -0.2) is 9.59 Å². The summed E-state index contributed by atoms with van der Waals surface area (Å²) in [6.45, 7) is 2.50. The fourth-order valence-corrected chi connectivity index (χ4v) is 2.11. The number of hydrogen-bond acceptors (Lipinski definition) is 5. The Balaban J connectivity index is 2.31. The Hall–Kier alpha value is -1.80. The van der Waals surface area contributed by atoms with Crippen LogP contribution in [0.15, 0.2) is 22.7 Å². The van der Waals surface area contributed by atoms with E-state index < -0.39 is 31.1 Å². The summed E-state index contributed by atoms with van der Waals surface area (Å²) < 4.78 is 10.6. The van der Waals surface area contributed by atoms with Gasteiger partial charge in [0.1, 0.15) is 5.75 Å². The Morgan fingerprint density at radius 1 is 1.26 bits per heavy atom. The van der Waals surface area contributed by atoms with Gasteiger partial charge in [-0.15, -0.1) is 0 Å². The molecule has 0 radical (unpaired) electrons.